The molecule has 0 bridgehead atoms. The lowest BCUT2D eigenvalue weighted by atomic mass is 9.78. The lowest BCUT2D eigenvalue weighted by Gasteiger charge is -2.42. The molecule has 0 spiro atoms. The van der Waals surface area contributed by atoms with E-state index in [0.717, 1.165) is 31.4 Å². The molecule has 0 saturated carbocycles. The number of halogens is 1. The summed E-state index contributed by atoms with van der Waals surface area (Å²) >= 11 is 0. The van der Waals surface area contributed by atoms with E-state index in [2.05, 4.69) is 50.7 Å². The van der Waals surface area contributed by atoms with Gasteiger partial charge in [0.05, 0.1) is 6.54 Å². The number of aryl methyl sites for hydroxylation is 1. The van der Waals surface area contributed by atoms with Crippen molar-refractivity contribution in [1.82, 2.24) is 25.0 Å². The first-order valence-electron chi connectivity index (χ1n) is 8.44. The summed E-state index contributed by atoms with van der Waals surface area (Å²) in [6, 6.07) is 0. The smallest absolute Gasteiger partial charge is 0.194 e. The van der Waals surface area contributed by atoms with Gasteiger partial charge in [0, 0.05) is 26.7 Å². The van der Waals surface area contributed by atoms with E-state index in [1.807, 2.05) is 7.05 Å². The topological polar surface area (TPSA) is 58.3 Å². The van der Waals surface area contributed by atoms with Gasteiger partial charge in [-0.25, -0.2) is 0 Å². The van der Waals surface area contributed by atoms with Crippen LogP contribution in [0, 0.1) is 5.41 Å². The van der Waals surface area contributed by atoms with Gasteiger partial charge in [-0.15, -0.1) is 34.2 Å². The summed E-state index contributed by atoms with van der Waals surface area (Å²) in [5, 5.41) is 11.6. The highest BCUT2D eigenvalue weighted by Gasteiger charge is 2.31. The minimum absolute atomic E-state index is 0. The number of nitrogens with one attached hydrogen (secondary N) is 1. The zero-order valence-corrected chi connectivity index (χ0v) is 17.2. The van der Waals surface area contributed by atoms with E-state index in [1.54, 1.807) is 6.33 Å². The summed E-state index contributed by atoms with van der Waals surface area (Å²) < 4.78 is 2.05. The molecule has 1 N–H and O–H groups in total. The maximum Gasteiger partial charge on any atom is 0.194 e. The standard InChI is InChI=1S/C16H30N6.HI/c1-5-8-16(3)9-7-10-22(12-16)15(17-4)18-11-14-20-19-13-21(14)6-2;/h13H,5-12H2,1-4H3,(H,17,18);1H. The average molecular weight is 434 g/mol. The predicted molar refractivity (Wildman–Crippen MR) is 105 cm³/mol. The van der Waals surface area contributed by atoms with Crippen LogP contribution in [0.1, 0.15) is 52.3 Å². The Kier molecular flexibility index (Phi) is 8.28. The minimum atomic E-state index is 0. The van der Waals surface area contributed by atoms with Gasteiger partial charge in [0.15, 0.2) is 11.8 Å². The lowest BCUT2D eigenvalue weighted by Crippen LogP contribution is -2.49. The summed E-state index contributed by atoms with van der Waals surface area (Å²) in [6.45, 7) is 10.5. The summed E-state index contributed by atoms with van der Waals surface area (Å²) in [6.07, 6.45) is 6.86. The minimum Gasteiger partial charge on any atom is -0.349 e. The normalized spacial score (nSPS) is 21.9. The highest BCUT2D eigenvalue weighted by molar-refractivity contribution is 14.0. The third-order valence-electron chi connectivity index (χ3n) is 4.59. The molecule has 1 aromatic heterocycles. The number of nitrogens with zero attached hydrogens (tertiary/aromatic N) is 5. The SMILES string of the molecule is CCCC1(C)CCCN(C(=NC)NCc2nncn2CC)C1.I. The van der Waals surface area contributed by atoms with Crippen LogP contribution in [-0.4, -0.2) is 45.8 Å². The van der Waals surface area contributed by atoms with Crippen molar-refractivity contribution < 1.29 is 0 Å². The van der Waals surface area contributed by atoms with Crippen molar-refractivity contribution >= 4 is 29.9 Å². The third kappa shape index (κ3) is 5.32. The maximum absolute atomic E-state index is 4.47. The predicted octanol–water partition coefficient (Wildman–Crippen LogP) is 2.89. The first-order chi connectivity index (χ1) is 10.6. The van der Waals surface area contributed by atoms with Gasteiger partial charge in [-0.3, -0.25) is 4.99 Å². The van der Waals surface area contributed by atoms with Crippen LogP contribution in [0.5, 0.6) is 0 Å². The van der Waals surface area contributed by atoms with Crippen LogP contribution in [0.25, 0.3) is 0 Å². The lowest BCUT2D eigenvalue weighted by molar-refractivity contribution is 0.142. The highest BCUT2D eigenvalue weighted by Crippen LogP contribution is 2.33. The first kappa shape index (κ1) is 20.2. The Morgan fingerprint density at radius 2 is 2.22 bits per heavy atom. The van der Waals surface area contributed by atoms with E-state index in [9.17, 15) is 0 Å². The Balaban J connectivity index is 0.00000264. The van der Waals surface area contributed by atoms with Crippen LogP contribution >= 0.6 is 24.0 Å². The summed E-state index contributed by atoms with van der Waals surface area (Å²) in [5.74, 6) is 1.93. The average Bonchev–Trinajstić information content (AvgIpc) is 2.95. The molecule has 1 aliphatic heterocycles. The van der Waals surface area contributed by atoms with Gasteiger partial charge in [-0.2, -0.15) is 0 Å². The molecule has 23 heavy (non-hydrogen) atoms. The Bertz CT molecular complexity index is 497. The molecule has 2 rings (SSSR count). The molecular weight excluding hydrogens is 403 g/mol. The van der Waals surface area contributed by atoms with Crippen molar-refractivity contribution in [2.75, 3.05) is 20.1 Å². The van der Waals surface area contributed by atoms with Crippen LogP contribution < -0.4 is 5.32 Å². The molecule has 0 aromatic carbocycles. The molecule has 0 aliphatic carbocycles. The summed E-state index contributed by atoms with van der Waals surface area (Å²) in [5.41, 5.74) is 0.411. The molecule has 2 heterocycles. The number of aromatic nitrogens is 3. The van der Waals surface area contributed by atoms with Crippen molar-refractivity contribution in [2.45, 2.75) is 59.5 Å². The monoisotopic (exact) mass is 434 g/mol. The molecule has 1 atom stereocenters. The maximum atomic E-state index is 4.47. The van der Waals surface area contributed by atoms with Crippen molar-refractivity contribution in [2.24, 2.45) is 10.4 Å². The Morgan fingerprint density at radius 1 is 1.43 bits per heavy atom. The molecule has 6 nitrogen and oxygen atoms in total. The van der Waals surface area contributed by atoms with E-state index in [1.165, 1.54) is 25.7 Å². The van der Waals surface area contributed by atoms with Gasteiger partial charge >= 0.3 is 0 Å². The molecule has 132 valence electrons. The molecule has 1 aromatic rings. The van der Waals surface area contributed by atoms with Crippen molar-refractivity contribution in [3.8, 4) is 0 Å². The second-order valence-corrected chi connectivity index (χ2v) is 6.52. The molecule has 0 radical (unpaired) electrons. The Hall–Kier alpha value is -0.860. The van der Waals surface area contributed by atoms with Gasteiger partial charge in [-0.05, 0) is 31.6 Å². The number of rotatable bonds is 5. The Morgan fingerprint density at radius 3 is 2.87 bits per heavy atom. The van der Waals surface area contributed by atoms with Crippen LogP contribution in [0.2, 0.25) is 0 Å². The van der Waals surface area contributed by atoms with Crippen molar-refractivity contribution in [3.63, 3.8) is 0 Å². The van der Waals surface area contributed by atoms with E-state index in [-0.39, 0.29) is 24.0 Å². The van der Waals surface area contributed by atoms with Gasteiger partial charge in [0.25, 0.3) is 0 Å². The van der Waals surface area contributed by atoms with Gasteiger partial charge in [0.2, 0.25) is 0 Å². The molecule has 7 heteroatoms. The van der Waals surface area contributed by atoms with Gasteiger partial charge in [-0.1, -0.05) is 20.3 Å². The second kappa shape index (κ2) is 9.44. The molecular formula is C16H31IN6. The van der Waals surface area contributed by atoms with Crippen LogP contribution in [0.3, 0.4) is 0 Å². The fourth-order valence-electron chi connectivity index (χ4n) is 3.47. The zero-order valence-electron chi connectivity index (χ0n) is 14.9. The quantitative estimate of drug-likeness (QED) is 0.440. The molecule has 0 amide bonds. The molecule has 1 aliphatic rings. The van der Waals surface area contributed by atoms with E-state index < -0.39 is 0 Å². The number of hydrogen-bond acceptors (Lipinski definition) is 3. The summed E-state index contributed by atoms with van der Waals surface area (Å²) in [4.78, 5) is 6.86. The fraction of sp³-hybridized carbons (Fsp3) is 0.812. The number of aliphatic imine (C=N–C) groups is 1. The van der Waals surface area contributed by atoms with Crippen LogP contribution in [0.15, 0.2) is 11.3 Å². The van der Waals surface area contributed by atoms with E-state index in [0.29, 0.717) is 12.0 Å². The molecule has 1 fully saturated rings. The first-order valence-corrected chi connectivity index (χ1v) is 8.44. The number of guanidine groups is 1. The largest absolute Gasteiger partial charge is 0.349 e. The zero-order chi connectivity index (χ0) is 16.0. The van der Waals surface area contributed by atoms with Crippen LogP contribution in [0.4, 0.5) is 0 Å². The fourth-order valence-corrected chi connectivity index (χ4v) is 3.47. The number of hydrogen-bond donors (Lipinski definition) is 1. The summed E-state index contributed by atoms with van der Waals surface area (Å²) in [7, 11) is 1.86. The number of likely N-dealkylation sites (tertiary alicyclic amines) is 1. The third-order valence-corrected chi connectivity index (χ3v) is 4.59. The van der Waals surface area contributed by atoms with E-state index >= 15 is 0 Å². The highest BCUT2D eigenvalue weighted by atomic mass is 127. The molecule has 1 saturated heterocycles. The van der Waals surface area contributed by atoms with Gasteiger partial charge in [0.1, 0.15) is 6.33 Å². The van der Waals surface area contributed by atoms with Crippen LogP contribution in [-0.2, 0) is 13.1 Å². The second-order valence-electron chi connectivity index (χ2n) is 6.52. The van der Waals surface area contributed by atoms with Gasteiger partial charge < -0.3 is 14.8 Å². The van der Waals surface area contributed by atoms with Crippen molar-refractivity contribution in [3.05, 3.63) is 12.2 Å². The van der Waals surface area contributed by atoms with Crippen molar-refractivity contribution in [1.29, 1.82) is 0 Å². The van der Waals surface area contributed by atoms with E-state index in [4.69, 9.17) is 0 Å². The Labute approximate surface area is 157 Å². The molecule has 1 unspecified atom stereocenters. The number of piperidine rings is 1.